The summed E-state index contributed by atoms with van der Waals surface area (Å²) < 4.78 is 0. The lowest BCUT2D eigenvalue weighted by molar-refractivity contribution is 0.0901. The monoisotopic (exact) mass is 254 g/mol. The first-order valence-electron chi connectivity index (χ1n) is 5.60. The van der Waals surface area contributed by atoms with E-state index in [1.165, 1.54) is 0 Å². The van der Waals surface area contributed by atoms with Crippen LogP contribution in [0.25, 0.3) is 0 Å². The number of aliphatic hydroxyl groups excluding tert-OH is 1. The van der Waals surface area contributed by atoms with Crippen LogP contribution in [0.15, 0.2) is 18.2 Å². The second-order valence-corrected chi connectivity index (χ2v) is 4.70. The number of aliphatic hydroxyl groups is 1. The van der Waals surface area contributed by atoms with Crippen molar-refractivity contribution in [3.05, 3.63) is 28.8 Å². The third kappa shape index (κ3) is 2.90. The Morgan fingerprint density at radius 2 is 2.29 bits per heavy atom. The lowest BCUT2D eigenvalue weighted by Crippen LogP contribution is -2.33. The molecule has 1 saturated carbocycles. The maximum Gasteiger partial charge on any atom is 0.252 e. The number of carbonyl (C=O) groups is 1. The lowest BCUT2D eigenvalue weighted by atomic mass is 10.1. The third-order valence-corrected chi connectivity index (χ3v) is 3.33. The Balaban J connectivity index is 1.96. The van der Waals surface area contributed by atoms with Gasteiger partial charge in [0.25, 0.3) is 5.91 Å². The molecule has 0 radical (unpaired) electrons. The van der Waals surface area contributed by atoms with E-state index in [1.807, 2.05) is 0 Å². The minimum absolute atomic E-state index is 0.255. The van der Waals surface area contributed by atoms with Gasteiger partial charge in [-0.15, -0.1) is 0 Å². The predicted octanol–water partition coefficient (Wildman–Crippen LogP) is 1.42. The number of amides is 1. The van der Waals surface area contributed by atoms with Gasteiger partial charge in [-0.1, -0.05) is 17.7 Å². The summed E-state index contributed by atoms with van der Waals surface area (Å²) in [4.78, 5) is 11.8. The van der Waals surface area contributed by atoms with E-state index >= 15 is 0 Å². The molecule has 1 aromatic rings. The number of nitrogens with two attached hydrogens (primary N) is 1. The summed E-state index contributed by atoms with van der Waals surface area (Å²) in [6, 6.07) is 4.92. The Labute approximate surface area is 105 Å². The molecule has 1 aliphatic carbocycles. The van der Waals surface area contributed by atoms with Crippen LogP contribution in [0.5, 0.6) is 0 Å². The van der Waals surface area contributed by atoms with Gasteiger partial charge >= 0.3 is 0 Å². The molecular weight excluding hydrogens is 240 g/mol. The van der Waals surface area contributed by atoms with Crippen LogP contribution in [0, 0.1) is 5.92 Å². The van der Waals surface area contributed by atoms with Gasteiger partial charge in [-0.2, -0.15) is 0 Å². The van der Waals surface area contributed by atoms with Crippen LogP contribution in [0.2, 0.25) is 5.02 Å². The van der Waals surface area contributed by atoms with E-state index in [4.69, 9.17) is 17.3 Å². The lowest BCUT2D eigenvalue weighted by Gasteiger charge is -2.11. The summed E-state index contributed by atoms with van der Waals surface area (Å²) in [7, 11) is 0. The number of benzene rings is 1. The number of rotatable bonds is 4. The van der Waals surface area contributed by atoms with Crippen molar-refractivity contribution in [3.8, 4) is 0 Å². The molecule has 0 aromatic heterocycles. The number of halogens is 1. The molecule has 0 saturated heterocycles. The largest absolute Gasteiger partial charge is 0.398 e. The van der Waals surface area contributed by atoms with Gasteiger partial charge in [-0.3, -0.25) is 4.79 Å². The zero-order chi connectivity index (χ0) is 12.4. The predicted molar refractivity (Wildman–Crippen MR) is 66.9 cm³/mol. The Bertz CT molecular complexity index is 433. The molecule has 0 aliphatic heterocycles. The fraction of sp³-hybridized carbons (Fsp3) is 0.417. The van der Waals surface area contributed by atoms with Crippen LogP contribution in [0.3, 0.4) is 0 Å². The summed E-state index contributed by atoms with van der Waals surface area (Å²) in [6.45, 7) is 0.259. The van der Waals surface area contributed by atoms with Gasteiger partial charge in [0.2, 0.25) is 0 Å². The molecule has 0 heterocycles. The van der Waals surface area contributed by atoms with E-state index < -0.39 is 6.10 Å². The molecule has 1 unspecified atom stereocenters. The van der Waals surface area contributed by atoms with Crippen molar-refractivity contribution in [2.24, 2.45) is 5.92 Å². The number of nitrogen functional groups attached to an aromatic ring is 1. The van der Waals surface area contributed by atoms with E-state index in [0.29, 0.717) is 17.2 Å². The van der Waals surface area contributed by atoms with Gasteiger partial charge in [-0.05, 0) is 30.9 Å². The van der Waals surface area contributed by atoms with Crippen molar-refractivity contribution < 1.29 is 9.90 Å². The van der Waals surface area contributed by atoms with Crippen molar-refractivity contribution in [2.45, 2.75) is 18.9 Å². The molecule has 92 valence electrons. The second-order valence-electron chi connectivity index (χ2n) is 4.32. The van der Waals surface area contributed by atoms with Gasteiger partial charge in [0.15, 0.2) is 0 Å². The minimum Gasteiger partial charge on any atom is -0.398 e. The molecule has 1 fully saturated rings. The highest BCUT2D eigenvalue weighted by atomic mass is 35.5. The van der Waals surface area contributed by atoms with Crippen LogP contribution < -0.4 is 11.1 Å². The quantitative estimate of drug-likeness (QED) is 0.712. The number of carbonyl (C=O) groups excluding carboxylic acids is 1. The fourth-order valence-electron chi connectivity index (χ4n) is 1.67. The normalized spacial score (nSPS) is 16.6. The summed E-state index contributed by atoms with van der Waals surface area (Å²) in [5.41, 5.74) is 6.33. The first kappa shape index (κ1) is 12.2. The van der Waals surface area contributed by atoms with E-state index in [2.05, 4.69) is 5.32 Å². The zero-order valence-corrected chi connectivity index (χ0v) is 10.1. The number of hydrogen-bond donors (Lipinski definition) is 3. The van der Waals surface area contributed by atoms with Crippen molar-refractivity contribution >= 4 is 23.2 Å². The SMILES string of the molecule is Nc1cccc(C(=O)NCC(O)C2CC2)c1Cl. The Morgan fingerprint density at radius 3 is 2.94 bits per heavy atom. The van der Waals surface area contributed by atoms with Crippen molar-refractivity contribution in [1.29, 1.82) is 0 Å². The van der Waals surface area contributed by atoms with E-state index in [1.54, 1.807) is 18.2 Å². The highest BCUT2D eigenvalue weighted by molar-refractivity contribution is 6.36. The van der Waals surface area contributed by atoms with Crippen LogP contribution in [0.1, 0.15) is 23.2 Å². The Kier molecular flexibility index (Phi) is 3.54. The number of nitrogens with one attached hydrogen (secondary N) is 1. The maximum absolute atomic E-state index is 11.8. The summed E-state index contributed by atoms with van der Waals surface area (Å²) in [6.07, 6.45) is 1.62. The molecule has 17 heavy (non-hydrogen) atoms. The second kappa shape index (κ2) is 4.94. The minimum atomic E-state index is -0.459. The molecule has 1 amide bonds. The van der Waals surface area contributed by atoms with Crippen LogP contribution in [-0.4, -0.2) is 23.7 Å². The highest BCUT2D eigenvalue weighted by Gasteiger charge is 2.29. The van der Waals surface area contributed by atoms with Crippen LogP contribution >= 0.6 is 11.6 Å². The van der Waals surface area contributed by atoms with Crippen molar-refractivity contribution in [1.82, 2.24) is 5.32 Å². The van der Waals surface area contributed by atoms with Crippen LogP contribution in [0.4, 0.5) is 5.69 Å². The molecule has 4 nitrogen and oxygen atoms in total. The maximum atomic E-state index is 11.8. The molecule has 0 spiro atoms. The first-order valence-corrected chi connectivity index (χ1v) is 5.97. The number of anilines is 1. The Morgan fingerprint density at radius 1 is 1.59 bits per heavy atom. The standard InChI is InChI=1S/C12H15ClN2O2/c13-11-8(2-1-3-9(11)14)12(17)15-6-10(16)7-4-5-7/h1-3,7,10,16H,4-6,14H2,(H,15,17). The highest BCUT2D eigenvalue weighted by Crippen LogP contribution is 2.32. The van der Waals surface area contributed by atoms with E-state index in [-0.39, 0.29) is 17.5 Å². The van der Waals surface area contributed by atoms with Gasteiger partial charge in [-0.25, -0.2) is 0 Å². The molecular formula is C12H15ClN2O2. The molecule has 1 aromatic carbocycles. The smallest absolute Gasteiger partial charge is 0.252 e. The molecule has 1 atom stereocenters. The molecule has 1 aliphatic rings. The van der Waals surface area contributed by atoms with E-state index in [0.717, 1.165) is 12.8 Å². The van der Waals surface area contributed by atoms with Gasteiger partial charge < -0.3 is 16.2 Å². The van der Waals surface area contributed by atoms with Gasteiger partial charge in [0.05, 0.1) is 22.4 Å². The topological polar surface area (TPSA) is 75.4 Å². The number of hydrogen-bond acceptors (Lipinski definition) is 3. The molecule has 5 heteroatoms. The zero-order valence-electron chi connectivity index (χ0n) is 9.32. The van der Waals surface area contributed by atoms with E-state index in [9.17, 15) is 9.90 Å². The summed E-state index contributed by atoms with van der Waals surface area (Å²) in [5, 5.41) is 12.6. The molecule has 0 bridgehead atoms. The summed E-state index contributed by atoms with van der Waals surface area (Å²) in [5.74, 6) is 0.0358. The fourth-order valence-corrected chi connectivity index (χ4v) is 1.88. The van der Waals surface area contributed by atoms with Crippen LogP contribution in [-0.2, 0) is 0 Å². The molecule has 2 rings (SSSR count). The first-order chi connectivity index (χ1) is 8.09. The van der Waals surface area contributed by atoms with Crippen molar-refractivity contribution in [2.75, 3.05) is 12.3 Å². The third-order valence-electron chi connectivity index (χ3n) is 2.91. The molecule has 4 N–H and O–H groups in total. The average molecular weight is 255 g/mol. The summed E-state index contributed by atoms with van der Waals surface area (Å²) >= 11 is 5.93. The average Bonchev–Trinajstić information content (AvgIpc) is 3.13. The Hall–Kier alpha value is -1.26. The van der Waals surface area contributed by atoms with Crippen molar-refractivity contribution in [3.63, 3.8) is 0 Å². The van der Waals surface area contributed by atoms with Gasteiger partial charge in [0, 0.05) is 6.54 Å². The van der Waals surface area contributed by atoms with Gasteiger partial charge in [0.1, 0.15) is 0 Å².